The Balaban J connectivity index is 1.46. The van der Waals surface area contributed by atoms with Gasteiger partial charge in [-0.25, -0.2) is 14.8 Å². The number of H-pyrrole nitrogens is 2. The number of carbonyl (C=O) groups is 1. The lowest BCUT2D eigenvalue weighted by molar-refractivity contribution is 0.0701. The quantitative estimate of drug-likeness (QED) is 0.314. The molecule has 154 valence electrons. The predicted molar refractivity (Wildman–Crippen MR) is 118 cm³/mol. The van der Waals surface area contributed by atoms with E-state index in [1.807, 2.05) is 0 Å². The molecule has 0 saturated heterocycles. The Morgan fingerprint density at radius 3 is 2.60 bits per heavy atom. The fraction of sp³-hybridized carbons (Fsp3) is 0.316. The first-order valence-electron chi connectivity index (χ1n) is 9.35. The molecule has 1 aliphatic carbocycles. The van der Waals surface area contributed by atoms with Crippen molar-refractivity contribution >= 4 is 60.8 Å². The maximum atomic E-state index is 12.6. The summed E-state index contributed by atoms with van der Waals surface area (Å²) in [5.41, 5.74) is 1.08. The topological polar surface area (TPSA) is 129 Å². The van der Waals surface area contributed by atoms with Crippen LogP contribution in [0.5, 0.6) is 0 Å². The number of aromatic amines is 2. The van der Waals surface area contributed by atoms with E-state index in [4.69, 9.17) is 0 Å². The number of carboxylic acid groups (broad SMARTS) is 1. The number of hydrogen-bond donors (Lipinski definition) is 3. The molecule has 8 nitrogen and oxygen atoms in total. The number of rotatable bonds is 4. The minimum atomic E-state index is -1.07. The van der Waals surface area contributed by atoms with Crippen molar-refractivity contribution < 1.29 is 9.90 Å². The molecule has 0 unspecified atom stereocenters. The number of fused-ring (bicyclic) bond motifs is 4. The molecule has 4 aromatic rings. The van der Waals surface area contributed by atoms with E-state index in [1.54, 1.807) is 18.3 Å². The minimum Gasteiger partial charge on any atom is -0.477 e. The molecule has 0 amide bonds. The van der Waals surface area contributed by atoms with Crippen molar-refractivity contribution in [3.63, 3.8) is 0 Å². The largest absolute Gasteiger partial charge is 0.477 e. The lowest BCUT2D eigenvalue weighted by Gasteiger charge is -2.09. The van der Waals surface area contributed by atoms with Crippen molar-refractivity contribution in [3.8, 4) is 0 Å². The van der Waals surface area contributed by atoms with Crippen molar-refractivity contribution in [3.05, 3.63) is 47.4 Å². The SMILES string of the molecule is Cc1c(C(=O)O)sc2nc(CSc3nc4sc5c(c4c(=O)[nH]3)CCCC5)[nH]c(=O)c12. The molecule has 1 aliphatic rings. The summed E-state index contributed by atoms with van der Waals surface area (Å²) in [5.74, 6) is -0.368. The van der Waals surface area contributed by atoms with Gasteiger partial charge in [0.15, 0.2) is 5.16 Å². The van der Waals surface area contributed by atoms with E-state index in [2.05, 4.69) is 19.9 Å². The van der Waals surface area contributed by atoms with Crippen molar-refractivity contribution in [2.24, 2.45) is 0 Å². The van der Waals surface area contributed by atoms with Crippen LogP contribution >= 0.6 is 34.4 Å². The fourth-order valence-electron chi connectivity index (χ4n) is 3.81. The summed E-state index contributed by atoms with van der Waals surface area (Å²) in [6.45, 7) is 1.61. The number of hydrogen-bond acceptors (Lipinski definition) is 8. The standard InChI is InChI=1S/C19H16N4O4S3/c1-7-11-14(24)20-10(21-16(11)30-13(7)18(26)27)6-28-19-22-15(25)12-8-4-2-3-5-9(8)29-17(12)23-19/h2-6H2,1H3,(H,26,27)(H,20,21,24)(H,22,23,25). The highest BCUT2D eigenvalue weighted by atomic mass is 32.2. The lowest BCUT2D eigenvalue weighted by Crippen LogP contribution is -2.12. The molecule has 0 atom stereocenters. The molecule has 3 N–H and O–H groups in total. The maximum Gasteiger partial charge on any atom is 0.346 e. The summed E-state index contributed by atoms with van der Waals surface area (Å²) in [6.07, 6.45) is 4.17. The van der Waals surface area contributed by atoms with Crippen LogP contribution in [0.3, 0.4) is 0 Å². The van der Waals surface area contributed by atoms with E-state index in [9.17, 15) is 19.5 Å². The van der Waals surface area contributed by atoms with Gasteiger partial charge >= 0.3 is 5.97 Å². The highest BCUT2D eigenvalue weighted by Gasteiger charge is 2.21. The van der Waals surface area contributed by atoms with E-state index in [1.165, 1.54) is 16.6 Å². The summed E-state index contributed by atoms with van der Waals surface area (Å²) >= 11 is 3.86. The normalized spacial score (nSPS) is 13.8. The second-order valence-corrected chi connectivity index (χ2v) is 10.2. The molecule has 0 aliphatic heterocycles. The highest BCUT2D eigenvalue weighted by Crippen LogP contribution is 2.34. The van der Waals surface area contributed by atoms with Crippen LogP contribution in [-0.4, -0.2) is 31.0 Å². The number of thioether (sulfide) groups is 1. The zero-order chi connectivity index (χ0) is 21.0. The first-order chi connectivity index (χ1) is 14.4. The molecular weight excluding hydrogens is 444 g/mol. The van der Waals surface area contributed by atoms with Crippen molar-refractivity contribution in [2.45, 2.75) is 43.5 Å². The molecule has 4 aromatic heterocycles. The molecule has 0 saturated carbocycles. The van der Waals surface area contributed by atoms with Crippen LogP contribution in [-0.2, 0) is 18.6 Å². The van der Waals surface area contributed by atoms with Gasteiger partial charge in [-0.3, -0.25) is 9.59 Å². The molecule has 0 spiro atoms. The molecule has 0 fully saturated rings. The predicted octanol–water partition coefficient (Wildman–Crippen LogP) is 3.46. The molecule has 5 rings (SSSR count). The molecular formula is C19H16N4O4S3. The Morgan fingerprint density at radius 1 is 1.07 bits per heavy atom. The summed E-state index contributed by atoms with van der Waals surface area (Å²) in [5, 5.41) is 10.8. The Labute approximate surface area is 181 Å². The Kier molecular flexibility index (Phi) is 4.75. The molecule has 0 aromatic carbocycles. The number of aryl methyl sites for hydroxylation is 3. The molecule has 30 heavy (non-hydrogen) atoms. The maximum absolute atomic E-state index is 12.6. The fourth-order valence-corrected chi connectivity index (χ4v) is 6.90. The number of nitrogens with one attached hydrogen (secondary N) is 2. The number of aromatic nitrogens is 4. The van der Waals surface area contributed by atoms with Crippen molar-refractivity contribution in [2.75, 3.05) is 0 Å². The van der Waals surface area contributed by atoms with Gasteiger partial charge in [0.2, 0.25) is 0 Å². The van der Waals surface area contributed by atoms with E-state index < -0.39 is 5.97 Å². The highest BCUT2D eigenvalue weighted by molar-refractivity contribution is 7.98. The first-order valence-corrected chi connectivity index (χ1v) is 12.0. The Hall–Kier alpha value is -2.50. The Bertz CT molecular complexity index is 1450. The second kappa shape index (κ2) is 7.33. The zero-order valence-electron chi connectivity index (χ0n) is 15.8. The average molecular weight is 461 g/mol. The zero-order valence-corrected chi connectivity index (χ0v) is 18.3. The molecule has 4 heterocycles. The van der Waals surface area contributed by atoms with Crippen LogP contribution in [0.2, 0.25) is 0 Å². The second-order valence-electron chi connectivity index (χ2n) is 7.10. The third-order valence-corrected chi connectivity index (χ3v) is 8.44. The number of thiophene rings is 2. The Morgan fingerprint density at radius 2 is 1.80 bits per heavy atom. The van der Waals surface area contributed by atoms with Crippen LogP contribution < -0.4 is 11.1 Å². The molecule has 0 radical (unpaired) electrons. The summed E-state index contributed by atoms with van der Waals surface area (Å²) in [6, 6.07) is 0. The average Bonchev–Trinajstić information content (AvgIpc) is 3.24. The van der Waals surface area contributed by atoms with E-state index >= 15 is 0 Å². The van der Waals surface area contributed by atoms with E-state index in [0.29, 0.717) is 37.9 Å². The monoisotopic (exact) mass is 460 g/mol. The molecule has 11 heteroatoms. The summed E-state index contributed by atoms with van der Waals surface area (Å²) in [7, 11) is 0. The lowest BCUT2D eigenvalue weighted by atomic mass is 9.97. The van der Waals surface area contributed by atoms with E-state index in [0.717, 1.165) is 47.4 Å². The van der Waals surface area contributed by atoms with Crippen LogP contribution in [0.4, 0.5) is 0 Å². The third-order valence-electron chi connectivity index (χ3n) is 5.19. The van der Waals surface area contributed by atoms with Gasteiger partial charge in [-0.05, 0) is 43.7 Å². The first kappa shape index (κ1) is 19.5. The number of nitrogens with zero attached hydrogens (tertiary/aromatic N) is 2. The van der Waals surface area contributed by atoms with E-state index in [-0.39, 0.29) is 16.0 Å². The van der Waals surface area contributed by atoms with Crippen LogP contribution in [0.1, 0.15) is 44.3 Å². The van der Waals surface area contributed by atoms with Crippen molar-refractivity contribution in [1.29, 1.82) is 0 Å². The number of carboxylic acids is 1. The van der Waals surface area contributed by atoms with Crippen LogP contribution in [0.25, 0.3) is 20.4 Å². The van der Waals surface area contributed by atoms with Gasteiger partial charge < -0.3 is 15.1 Å². The van der Waals surface area contributed by atoms with Gasteiger partial charge in [-0.2, -0.15) is 0 Å². The van der Waals surface area contributed by atoms with Gasteiger partial charge in [0.05, 0.1) is 16.5 Å². The summed E-state index contributed by atoms with van der Waals surface area (Å²) in [4.78, 5) is 53.5. The third kappa shape index (κ3) is 3.17. The minimum absolute atomic E-state index is 0.117. The smallest absolute Gasteiger partial charge is 0.346 e. The van der Waals surface area contributed by atoms with Gasteiger partial charge in [-0.15, -0.1) is 22.7 Å². The van der Waals surface area contributed by atoms with Gasteiger partial charge in [-0.1, -0.05) is 11.8 Å². The van der Waals surface area contributed by atoms with Crippen LogP contribution in [0, 0.1) is 6.92 Å². The van der Waals surface area contributed by atoms with Gasteiger partial charge in [0.25, 0.3) is 11.1 Å². The molecule has 0 bridgehead atoms. The summed E-state index contributed by atoms with van der Waals surface area (Å²) < 4.78 is 0. The number of aromatic carboxylic acids is 1. The van der Waals surface area contributed by atoms with Gasteiger partial charge in [0.1, 0.15) is 20.4 Å². The van der Waals surface area contributed by atoms with Crippen LogP contribution in [0.15, 0.2) is 14.7 Å². The van der Waals surface area contributed by atoms with Gasteiger partial charge in [0, 0.05) is 4.88 Å². The van der Waals surface area contributed by atoms with Crippen molar-refractivity contribution in [1.82, 2.24) is 19.9 Å².